The highest BCUT2D eigenvalue weighted by molar-refractivity contribution is 7.98. The Kier molecular flexibility index (Phi) is 7.34. The van der Waals surface area contributed by atoms with Gasteiger partial charge in [0.1, 0.15) is 23.8 Å². The molecule has 3 aromatic rings. The second kappa shape index (κ2) is 10.6. The smallest absolute Gasteiger partial charge is 0.298 e. The van der Waals surface area contributed by atoms with Crippen molar-refractivity contribution in [3.05, 3.63) is 47.5 Å². The maximum atomic E-state index is 13.9. The molecule has 2 aliphatic heterocycles. The monoisotopic (exact) mass is 516 g/mol. The molecule has 0 bridgehead atoms. The van der Waals surface area contributed by atoms with Crippen LogP contribution in [0.1, 0.15) is 18.4 Å². The van der Waals surface area contributed by atoms with E-state index < -0.39 is 11.6 Å². The lowest BCUT2D eigenvalue weighted by atomic mass is 10.1. The predicted molar refractivity (Wildman–Crippen MR) is 137 cm³/mol. The van der Waals surface area contributed by atoms with E-state index in [1.807, 2.05) is 34.3 Å². The van der Waals surface area contributed by atoms with Crippen molar-refractivity contribution in [3.8, 4) is 0 Å². The van der Waals surface area contributed by atoms with Gasteiger partial charge < -0.3 is 23.9 Å². The van der Waals surface area contributed by atoms with Crippen LogP contribution in [0.15, 0.2) is 39.6 Å². The SMILES string of the molecule is CSc1ccc2oc(N3CCN(C(=O)COC4CCN(c5cc(F)c(C)c(F)c5)CC4)CC3)nc2c1. The number of halogens is 2. The van der Waals surface area contributed by atoms with Crippen LogP contribution in [-0.2, 0) is 9.53 Å². The molecule has 2 aromatic carbocycles. The van der Waals surface area contributed by atoms with Gasteiger partial charge in [0.05, 0.1) is 6.10 Å². The summed E-state index contributed by atoms with van der Waals surface area (Å²) in [5.74, 6) is -1.09. The number of oxazole rings is 1. The Morgan fingerprint density at radius 1 is 1.06 bits per heavy atom. The van der Waals surface area contributed by atoms with Crippen molar-refractivity contribution in [1.29, 1.82) is 0 Å². The van der Waals surface area contributed by atoms with Gasteiger partial charge in [0.2, 0.25) is 5.91 Å². The number of hydrogen-bond donors (Lipinski definition) is 0. The fourth-order valence-corrected chi connectivity index (χ4v) is 5.11. The predicted octanol–water partition coefficient (Wildman–Crippen LogP) is 4.47. The third-order valence-corrected chi connectivity index (χ3v) is 7.73. The van der Waals surface area contributed by atoms with Gasteiger partial charge in [-0.15, -0.1) is 11.8 Å². The number of benzene rings is 2. The number of ether oxygens (including phenoxy) is 1. The number of amides is 1. The molecule has 1 aromatic heterocycles. The Labute approximate surface area is 213 Å². The van der Waals surface area contributed by atoms with Crippen LogP contribution in [0.4, 0.5) is 20.5 Å². The van der Waals surface area contributed by atoms with E-state index in [1.54, 1.807) is 11.8 Å². The Bertz CT molecular complexity index is 1210. The van der Waals surface area contributed by atoms with Crippen LogP contribution in [0.25, 0.3) is 11.1 Å². The molecule has 7 nitrogen and oxygen atoms in total. The summed E-state index contributed by atoms with van der Waals surface area (Å²) in [5, 5.41) is 0. The van der Waals surface area contributed by atoms with Gasteiger partial charge in [-0.25, -0.2) is 8.78 Å². The number of piperidine rings is 1. The summed E-state index contributed by atoms with van der Waals surface area (Å²) in [5.41, 5.74) is 2.19. The molecule has 0 spiro atoms. The van der Waals surface area contributed by atoms with Gasteiger partial charge >= 0.3 is 0 Å². The number of piperazine rings is 1. The Morgan fingerprint density at radius 2 is 1.75 bits per heavy atom. The number of fused-ring (bicyclic) bond motifs is 1. The van der Waals surface area contributed by atoms with Crippen molar-refractivity contribution in [2.24, 2.45) is 0 Å². The highest BCUT2D eigenvalue weighted by Gasteiger charge is 2.26. The highest BCUT2D eigenvalue weighted by Crippen LogP contribution is 2.27. The minimum Gasteiger partial charge on any atom is -0.423 e. The summed E-state index contributed by atoms with van der Waals surface area (Å²) in [6.45, 7) is 5.19. The van der Waals surface area contributed by atoms with E-state index in [4.69, 9.17) is 9.15 Å². The van der Waals surface area contributed by atoms with Crippen LogP contribution in [0.3, 0.4) is 0 Å². The van der Waals surface area contributed by atoms with E-state index in [9.17, 15) is 13.6 Å². The number of nitrogens with zero attached hydrogens (tertiary/aromatic N) is 4. The minimum absolute atomic E-state index is 0.0260. The molecule has 192 valence electrons. The first-order valence-corrected chi connectivity index (χ1v) is 13.4. The summed E-state index contributed by atoms with van der Waals surface area (Å²) in [6, 6.07) is 9.33. The average Bonchev–Trinajstić information content (AvgIpc) is 3.34. The summed E-state index contributed by atoms with van der Waals surface area (Å²) < 4.78 is 39.6. The van der Waals surface area contributed by atoms with Gasteiger partial charge in [0, 0.05) is 55.4 Å². The second-order valence-electron chi connectivity index (χ2n) is 9.23. The number of carbonyl (C=O) groups excluding carboxylic acids is 1. The van der Waals surface area contributed by atoms with Crippen LogP contribution in [0.2, 0.25) is 0 Å². The fourth-order valence-electron chi connectivity index (χ4n) is 4.68. The normalized spacial score (nSPS) is 17.3. The average molecular weight is 517 g/mol. The van der Waals surface area contributed by atoms with Crippen LogP contribution in [-0.4, -0.2) is 74.0 Å². The van der Waals surface area contributed by atoms with Crippen molar-refractivity contribution < 1.29 is 22.7 Å². The van der Waals surface area contributed by atoms with E-state index in [0.717, 1.165) is 16.0 Å². The van der Waals surface area contributed by atoms with Crippen molar-refractivity contribution >= 4 is 40.5 Å². The van der Waals surface area contributed by atoms with Gasteiger partial charge in [0.25, 0.3) is 6.01 Å². The van der Waals surface area contributed by atoms with Crippen LogP contribution in [0.5, 0.6) is 0 Å². The number of thioether (sulfide) groups is 1. The standard InChI is InChI=1S/C26H30F2N4O3S/c1-17-21(27)13-18(14-22(17)28)30-7-5-19(6-8-30)34-16-25(33)31-9-11-32(12-10-31)26-29-23-15-20(36-2)3-4-24(23)35-26/h3-4,13-15,19H,5-12,16H2,1-2H3. The molecule has 2 fully saturated rings. The molecule has 0 saturated carbocycles. The van der Waals surface area contributed by atoms with Crippen molar-refractivity contribution in [2.45, 2.75) is 30.8 Å². The van der Waals surface area contributed by atoms with Crippen LogP contribution >= 0.6 is 11.8 Å². The van der Waals surface area contributed by atoms with Crippen LogP contribution in [0, 0.1) is 18.6 Å². The van der Waals surface area contributed by atoms with E-state index in [0.29, 0.717) is 63.8 Å². The lowest BCUT2D eigenvalue weighted by Gasteiger charge is -2.35. The largest absolute Gasteiger partial charge is 0.423 e. The minimum atomic E-state index is -0.532. The van der Waals surface area contributed by atoms with Crippen molar-refractivity contribution in [3.63, 3.8) is 0 Å². The molecule has 36 heavy (non-hydrogen) atoms. The molecule has 0 atom stereocenters. The summed E-state index contributed by atoms with van der Waals surface area (Å²) in [4.78, 5) is 24.3. The van der Waals surface area contributed by atoms with Crippen molar-refractivity contribution in [2.75, 3.05) is 61.9 Å². The summed E-state index contributed by atoms with van der Waals surface area (Å²) in [6.07, 6.45) is 3.39. The van der Waals surface area contributed by atoms with E-state index >= 15 is 0 Å². The highest BCUT2D eigenvalue weighted by atomic mass is 32.2. The van der Waals surface area contributed by atoms with Gasteiger partial charge in [-0.3, -0.25) is 4.79 Å². The van der Waals surface area contributed by atoms with E-state index in [-0.39, 0.29) is 24.2 Å². The Balaban J connectivity index is 1.07. The van der Waals surface area contributed by atoms with Gasteiger partial charge in [-0.2, -0.15) is 4.98 Å². The van der Waals surface area contributed by atoms with Gasteiger partial charge in [0.15, 0.2) is 5.58 Å². The van der Waals surface area contributed by atoms with E-state index in [2.05, 4.69) is 9.88 Å². The maximum Gasteiger partial charge on any atom is 0.298 e. The number of anilines is 2. The molecule has 2 aliphatic rings. The topological polar surface area (TPSA) is 62.1 Å². The third kappa shape index (κ3) is 5.29. The van der Waals surface area contributed by atoms with Gasteiger partial charge in [-0.1, -0.05) is 0 Å². The molecule has 0 radical (unpaired) electrons. The summed E-state index contributed by atoms with van der Waals surface area (Å²) in [7, 11) is 0. The Morgan fingerprint density at radius 3 is 2.42 bits per heavy atom. The zero-order valence-corrected chi connectivity index (χ0v) is 21.3. The zero-order valence-electron chi connectivity index (χ0n) is 20.5. The molecule has 2 saturated heterocycles. The number of carbonyl (C=O) groups is 1. The zero-order chi connectivity index (χ0) is 25.2. The number of aromatic nitrogens is 1. The molecule has 0 aliphatic carbocycles. The van der Waals surface area contributed by atoms with Crippen LogP contribution < -0.4 is 9.80 Å². The first-order chi connectivity index (χ1) is 17.4. The van der Waals surface area contributed by atoms with E-state index in [1.165, 1.54) is 19.1 Å². The molecule has 3 heterocycles. The first-order valence-electron chi connectivity index (χ1n) is 12.2. The molecular formula is C26H30F2N4O3S. The number of hydrogen-bond acceptors (Lipinski definition) is 7. The lowest BCUT2D eigenvalue weighted by Crippen LogP contribution is -2.50. The third-order valence-electron chi connectivity index (χ3n) is 7.00. The molecule has 0 N–H and O–H groups in total. The maximum absolute atomic E-state index is 13.9. The van der Waals surface area contributed by atoms with Gasteiger partial charge in [-0.05, 0) is 56.4 Å². The van der Waals surface area contributed by atoms with Crippen molar-refractivity contribution in [1.82, 2.24) is 9.88 Å². The first kappa shape index (κ1) is 24.8. The lowest BCUT2D eigenvalue weighted by molar-refractivity contribution is -0.138. The fraction of sp³-hybridized carbons (Fsp3) is 0.462. The second-order valence-corrected chi connectivity index (χ2v) is 10.1. The molecule has 5 rings (SSSR count). The number of rotatable bonds is 6. The molecule has 0 unspecified atom stereocenters. The Hall–Kier alpha value is -2.85. The molecular weight excluding hydrogens is 486 g/mol. The summed E-state index contributed by atoms with van der Waals surface area (Å²) >= 11 is 1.67. The quantitative estimate of drug-likeness (QED) is 0.448. The molecule has 1 amide bonds. The molecule has 10 heteroatoms.